The van der Waals surface area contributed by atoms with E-state index in [1.54, 1.807) is 12.1 Å². The Balaban J connectivity index is 1.93. The van der Waals surface area contributed by atoms with E-state index in [4.69, 9.17) is 0 Å². The first kappa shape index (κ1) is 19.0. The molecule has 0 aliphatic heterocycles. The van der Waals surface area contributed by atoms with Crippen molar-refractivity contribution in [1.82, 2.24) is 4.90 Å². The molecule has 142 valence electrons. The van der Waals surface area contributed by atoms with Gasteiger partial charge in [0.2, 0.25) is 0 Å². The number of carbonyl (C=O) groups excluding carboxylic acids is 1. The minimum Gasteiger partial charge on any atom is -0.481 e. The highest BCUT2D eigenvalue weighted by Crippen LogP contribution is 2.27. The molecule has 0 heterocycles. The molecule has 0 aromatic heterocycles. The van der Waals surface area contributed by atoms with Gasteiger partial charge in [-0.15, -0.1) is 0 Å². The van der Waals surface area contributed by atoms with E-state index in [1.807, 2.05) is 30.3 Å². The second-order valence-corrected chi connectivity index (χ2v) is 6.44. The Bertz CT molecular complexity index is 1050. The van der Waals surface area contributed by atoms with E-state index in [1.165, 1.54) is 36.2 Å². The normalized spacial score (nSPS) is 11.8. The van der Waals surface area contributed by atoms with Crippen molar-refractivity contribution in [2.45, 2.75) is 12.5 Å². The van der Waals surface area contributed by atoms with E-state index >= 15 is 0 Å². The largest absolute Gasteiger partial charge is 0.481 e. The Morgan fingerprint density at radius 3 is 2.29 bits per heavy atom. The Morgan fingerprint density at radius 2 is 1.68 bits per heavy atom. The van der Waals surface area contributed by atoms with Crippen LogP contribution in [0.1, 0.15) is 28.4 Å². The van der Waals surface area contributed by atoms with Gasteiger partial charge in [-0.05, 0) is 28.5 Å². The second-order valence-electron chi connectivity index (χ2n) is 6.44. The molecule has 7 heteroatoms. The maximum atomic E-state index is 13.0. The number of hydrogen-bond donors (Lipinski definition) is 1. The zero-order chi connectivity index (χ0) is 20.3. The lowest BCUT2D eigenvalue weighted by Gasteiger charge is -2.27. The van der Waals surface area contributed by atoms with Crippen molar-refractivity contribution < 1.29 is 19.6 Å². The minimum atomic E-state index is -1.07. The summed E-state index contributed by atoms with van der Waals surface area (Å²) < 4.78 is 0. The summed E-state index contributed by atoms with van der Waals surface area (Å²) >= 11 is 0. The first-order chi connectivity index (χ1) is 13.4. The van der Waals surface area contributed by atoms with Gasteiger partial charge in [0.1, 0.15) is 0 Å². The third-order valence-electron chi connectivity index (χ3n) is 4.64. The number of rotatable bonds is 6. The molecule has 0 bridgehead atoms. The molecule has 7 nitrogen and oxygen atoms in total. The topological polar surface area (TPSA) is 101 Å². The van der Waals surface area contributed by atoms with E-state index in [0.29, 0.717) is 11.1 Å². The van der Waals surface area contributed by atoms with Crippen LogP contribution in [-0.4, -0.2) is 33.9 Å². The number of amides is 1. The van der Waals surface area contributed by atoms with Crippen molar-refractivity contribution >= 4 is 28.3 Å². The molecule has 3 rings (SSSR count). The zero-order valence-corrected chi connectivity index (χ0v) is 15.1. The van der Waals surface area contributed by atoms with Crippen LogP contribution in [0.25, 0.3) is 10.8 Å². The molecule has 1 atom stereocenters. The summed E-state index contributed by atoms with van der Waals surface area (Å²) in [6.07, 6.45) is -0.312. The number of carbonyl (C=O) groups is 2. The molecule has 1 amide bonds. The average Bonchev–Trinajstić information content (AvgIpc) is 2.70. The number of fused-ring (bicyclic) bond motifs is 1. The number of nitro groups is 1. The molecule has 28 heavy (non-hydrogen) atoms. The van der Waals surface area contributed by atoms with Crippen molar-refractivity contribution in [3.05, 3.63) is 88.0 Å². The van der Waals surface area contributed by atoms with E-state index in [2.05, 4.69) is 0 Å². The van der Waals surface area contributed by atoms with Crippen molar-refractivity contribution in [3.63, 3.8) is 0 Å². The van der Waals surface area contributed by atoms with Crippen LogP contribution in [0.2, 0.25) is 0 Å². The van der Waals surface area contributed by atoms with Crippen LogP contribution in [0.5, 0.6) is 0 Å². The molecule has 0 aliphatic carbocycles. The summed E-state index contributed by atoms with van der Waals surface area (Å²) in [5, 5.41) is 22.0. The lowest BCUT2D eigenvalue weighted by molar-refractivity contribution is -0.384. The first-order valence-electron chi connectivity index (χ1n) is 8.59. The highest BCUT2D eigenvalue weighted by Gasteiger charge is 2.26. The van der Waals surface area contributed by atoms with Gasteiger partial charge < -0.3 is 10.0 Å². The fourth-order valence-electron chi connectivity index (χ4n) is 3.13. The van der Waals surface area contributed by atoms with Gasteiger partial charge in [-0.3, -0.25) is 19.7 Å². The minimum absolute atomic E-state index is 0.0960. The quantitative estimate of drug-likeness (QED) is 0.515. The van der Waals surface area contributed by atoms with Gasteiger partial charge in [-0.2, -0.15) is 0 Å². The molecule has 3 aromatic carbocycles. The number of non-ortho nitro benzene ring substituents is 1. The summed E-state index contributed by atoms with van der Waals surface area (Å²) in [5.41, 5.74) is 0.865. The SMILES string of the molecule is CN(C(=O)c1ccc2ccccc2c1)[C@@H](CC(=O)O)c1ccc([N+](=O)[O-])cc1. The average molecular weight is 378 g/mol. The third kappa shape index (κ3) is 3.98. The van der Waals surface area contributed by atoms with Gasteiger partial charge in [-0.25, -0.2) is 0 Å². The number of carboxylic acids is 1. The molecule has 0 saturated heterocycles. The molecular weight excluding hydrogens is 360 g/mol. The van der Waals surface area contributed by atoms with Gasteiger partial charge in [0, 0.05) is 24.7 Å². The van der Waals surface area contributed by atoms with Gasteiger partial charge in [0.15, 0.2) is 0 Å². The van der Waals surface area contributed by atoms with Crippen LogP contribution in [-0.2, 0) is 4.79 Å². The lowest BCUT2D eigenvalue weighted by Crippen LogP contribution is -2.32. The van der Waals surface area contributed by atoms with E-state index in [9.17, 15) is 24.8 Å². The second kappa shape index (κ2) is 7.87. The van der Waals surface area contributed by atoms with E-state index < -0.39 is 16.9 Å². The molecule has 0 radical (unpaired) electrons. The van der Waals surface area contributed by atoms with Crippen LogP contribution in [0.3, 0.4) is 0 Å². The number of nitro benzene ring substituents is 1. The van der Waals surface area contributed by atoms with E-state index in [-0.39, 0.29) is 18.0 Å². The van der Waals surface area contributed by atoms with Crippen LogP contribution < -0.4 is 0 Å². The van der Waals surface area contributed by atoms with Gasteiger partial charge in [0.05, 0.1) is 17.4 Å². The summed E-state index contributed by atoms with van der Waals surface area (Å²) in [4.78, 5) is 36.0. The van der Waals surface area contributed by atoms with Crippen LogP contribution in [0, 0.1) is 10.1 Å². The first-order valence-corrected chi connectivity index (χ1v) is 8.59. The third-order valence-corrected chi connectivity index (χ3v) is 4.64. The Morgan fingerprint density at radius 1 is 1.04 bits per heavy atom. The maximum Gasteiger partial charge on any atom is 0.305 e. The fraction of sp³-hybridized carbons (Fsp3) is 0.143. The fourth-order valence-corrected chi connectivity index (χ4v) is 3.13. The highest BCUT2D eigenvalue weighted by atomic mass is 16.6. The Kier molecular flexibility index (Phi) is 5.35. The summed E-state index contributed by atoms with van der Waals surface area (Å²) in [5.74, 6) is -1.39. The van der Waals surface area contributed by atoms with E-state index in [0.717, 1.165) is 10.8 Å². The van der Waals surface area contributed by atoms with Crippen LogP contribution in [0.15, 0.2) is 66.7 Å². The summed E-state index contributed by atoms with van der Waals surface area (Å²) in [6, 6.07) is 17.8. The van der Waals surface area contributed by atoms with Crippen molar-refractivity contribution in [2.24, 2.45) is 0 Å². The Labute approximate surface area is 161 Å². The van der Waals surface area contributed by atoms with Crippen molar-refractivity contribution in [3.8, 4) is 0 Å². The molecule has 0 unspecified atom stereocenters. The molecule has 0 saturated carbocycles. The predicted molar refractivity (Wildman–Crippen MR) is 104 cm³/mol. The van der Waals surface area contributed by atoms with Gasteiger partial charge in [-0.1, -0.05) is 42.5 Å². The van der Waals surface area contributed by atoms with Gasteiger partial charge in [0.25, 0.3) is 11.6 Å². The smallest absolute Gasteiger partial charge is 0.305 e. The van der Waals surface area contributed by atoms with Crippen molar-refractivity contribution in [1.29, 1.82) is 0 Å². The van der Waals surface area contributed by atoms with Crippen LogP contribution >= 0.6 is 0 Å². The van der Waals surface area contributed by atoms with Crippen LogP contribution in [0.4, 0.5) is 5.69 Å². The molecule has 0 fully saturated rings. The number of hydrogen-bond acceptors (Lipinski definition) is 4. The number of benzene rings is 3. The monoisotopic (exact) mass is 378 g/mol. The van der Waals surface area contributed by atoms with Crippen molar-refractivity contribution in [2.75, 3.05) is 7.05 Å². The lowest BCUT2D eigenvalue weighted by atomic mass is 10.00. The standard InChI is InChI=1S/C21H18N2O5/c1-22(21(26)17-7-6-14-4-2-3-5-16(14)12-17)19(13-20(24)25)15-8-10-18(11-9-15)23(27)28/h2-12,19H,13H2,1H3,(H,24,25)/t19-/m0/s1. The number of aliphatic carboxylic acids is 1. The molecule has 3 aromatic rings. The Hall–Kier alpha value is -3.74. The highest BCUT2D eigenvalue weighted by molar-refractivity contribution is 5.98. The molecule has 0 aliphatic rings. The van der Waals surface area contributed by atoms with Gasteiger partial charge >= 0.3 is 5.97 Å². The number of carboxylic acid groups (broad SMARTS) is 1. The summed E-state index contributed by atoms with van der Waals surface area (Å²) in [6.45, 7) is 0. The zero-order valence-electron chi connectivity index (χ0n) is 15.1. The maximum absolute atomic E-state index is 13.0. The number of nitrogens with zero attached hydrogens (tertiary/aromatic N) is 2. The molecular formula is C21H18N2O5. The molecule has 1 N–H and O–H groups in total. The predicted octanol–water partition coefficient (Wildman–Crippen LogP) is 4.04. The molecule has 0 spiro atoms. The summed E-state index contributed by atoms with van der Waals surface area (Å²) in [7, 11) is 1.53.